The van der Waals surface area contributed by atoms with Crippen molar-refractivity contribution in [3.8, 4) is 0 Å². The first-order chi connectivity index (χ1) is 12.0. The minimum absolute atomic E-state index is 0.0637. The maximum Gasteiger partial charge on any atom is 0.325 e. The molecule has 2 aromatic rings. The van der Waals surface area contributed by atoms with Crippen molar-refractivity contribution in [2.45, 2.75) is 32.3 Å². The molecule has 0 radical (unpaired) electrons. The summed E-state index contributed by atoms with van der Waals surface area (Å²) in [5.41, 5.74) is 1.13. The molecule has 1 heterocycles. The average Bonchev–Trinajstić information content (AvgIpc) is 2.57. The normalized spacial score (nSPS) is 12.8. The Labute approximate surface area is 146 Å². The van der Waals surface area contributed by atoms with Gasteiger partial charge in [0.1, 0.15) is 6.10 Å². The number of nitrogens with one attached hydrogen (secondary N) is 2. The second-order valence-corrected chi connectivity index (χ2v) is 6.06. The summed E-state index contributed by atoms with van der Waals surface area (Å²) in [5.74, 6) is -0.0644. The number of aromatic nitrogens is 2. The van der Waals surface area contributed by atoms with Gasteiger partial charge < -0.3 is 14.8 Å². The van der Waals surface area contributed by atoms with Crippen molar-refractivity contribution in [2.24, 2.45) is 0 Å². The van der Waals surface area contributed by atoms with Gasteiger partial charge in [-0.1, -0.05) is 56.3 Å². The number of rotatable bonds is 8. The van der Waals surface area contributed by atoms with Gasteiger partial charge in [0.05, 0.1) is 18.9 Å². The number of hydrogen-bond acceptors (Lipinski definition) is 4. The Kier molecular flexibility index (Phi) is 6.91. The summed E-state index contributed by atoms with van der Waals surface area (Å²) < 4.78 is 5.91. The molecule has 0 aliphatic rings. The van der Waals surface area contributed by atoms with E-state index in [2.05, 4.69) is 9.97 Å². The maximum atomic E-state index is 12.3. The monoisotopic (exact) mass is 344 g/mol. The molecule has 0 spiro atoms. The zero-order chi connectivity index (χ0) is 18.2. The van der Waals surface area contributed by atoms with E-state index in [1.807, 2.05) is 44.2 Å². The molecular formula is C19H24N2O4. The Morgan fingerprint density at radius 1 is 1.12 bits per heavy atom. The van der Waals surface area contributed by atoms with Crippen LogP contribution in [0.25, 0.3) is 0 Å². The van der Waals surface area contributed by atoms with Crippen molar-refractivity contribution < 1.29 is 9.84 Å². The average molecular weight is 344 g/mol. The second-order valence-electron chi connectivity index (χ2n) is 6.06. The van der Waals surface area contributed by atoms with Crippen LogP contribution in [-0.4, -0.2) is 28.3 Å². The molecule has 6 heteroatoms. The number of benzene rings is 1. The summed E-state index contributed by atoms with van der Waals surface area (Å²) in [5, 5.41) is 8.84. The number of aromatic amines is 2. The Morgan fingerprint density at radius 2 is 1.84 bits per heavy atom. The minimum atomic E-state index is -0.544. The minimum Gasteiger partial charge on any atom is -0.392 e. The standard InChI is InChI=1S/C19H24N2O4/c1-13(2)16-17(20-19(24)21-18(16)23)15(25-11-7-6-10-22)12-14-8-4-3-5-9-14/h3-9,13,15,22H,10-12H2,1-2H3,(H2,20,21,23,24). The highest BCUT2D eigenvalue weighted by molar-refractivity contribution is 5.25. The lowest BCUT2D eigenvalue weighted by Crippen LogP contribution is -2.31. The summed E-state index contributed by atoms with van der Waals surface area (Å²) >= 11 is 0. The fraction of sp³-hybridized carbons (Fsp3) is 0.368. The van der Waals surface area contributed by atoms with Crippen molar-refractivity contribution in [3.63, 3.8) is 0 Å². The van der Waals surface area contributed by atoms with Gasteiger partial charge in [-0.3, -0.25) is 9.78 Å². The molecular weight excluding hydrogens is 320 g/mol. The van der Waals surface area contributed by atoms with Crippen LogP contribution in [0.5, 0.6) is 0 Å². The molecule has 0 aliphatic carbocycles. The molecule has 6 nitrogen and oxygen atoms in total. The van der Waals surface area contributed by atoms with E-state index in [4.69, 9.17) is 9.84 Å². The van der Waals surface area contributed by atoms with Gasteiger partial charge in [0.25, 0.3) is 5.56 Å². The molecule has 3 N–H and O–H groups in total. The first kappa shape index (κ1) is 18.9. The van der Waals surface area contributed by atoms with E-state index in [9.17, 15) is 9.59 Å². The van der Waals surface area contributed by atoms with E-state index in [1.54, 1.807) is 12.2 Å². The van der Waals surface area contributed by atoms with Gasteiger partial charge >= 0.3 is 5.69 Å². The zero-order valence-electron chi connectivity index (χ0n) is 14.5. The Morgan fingerprint density at radius 3 is 2.48 bits per heavy atom. The van der Waals surface area contributed by atoms with Crippen LogP contribution < -0.4 is 11.2 Å². The third-order valence-electron chi connectivity index (χ3n) is 3.84. The Balaban J connectivity index is 2.42. The van der Waals surface area contributed by atoms with Gasteiger partial charge in [0.2, 0.25) is 0 Å². The fourth-order valence-electron chi connectivity index (χ4n) is 2.73. The molecule has 2 rings (SSSR count). The van der Waals surface area contributed by atoms with E-state index in [-0.39, 0.29) is 24.7 Å². The number of ether oxygens (including phenoxy) is 1. The van der Waals surface area contributed by atoms with E-state index >= 15 is 0 Å². The molecule has 0 bridgehead atoms. The largest absolute Gasteiger partial charge is 0.392 e. The van der Waals surface area contributed by atoms with Crippen molar-refractivity contribution in [2.75, 3.05) is 13.2 Å². The van der Waals surface area contributed by atoms with Crippen molar-refractivity contribution in [3.05, 3.63) is 80.1 Å². The van der Waals surface area contributed by atoms with E-state index < -0.39 is 11.8 Å². The van der Waals surface area contributed by atoms with E-state index in [0.29, 0.717) is 17.7 Å². The molecule has 0 saturated carbocycles. The molecule has 1 aromatic heterocycles. The van der Waals surface area contributed by atoms with Gasteiger partial charge in [-0.25, -0.2) is 4.79 Å². The predicted octanol–water partition coefficient (Wildman–Crippen LogP) is 2.04. The molecule has 0 saturated heterocycles. The Bertz CT molecular complexity index is 806. The fourth-order valence-corrected chi connectivity index (χ4v) is 2.73. The molecule has 1 aromatic carbocycles. The quantitative estimate of drug-likeness (QED) is 0.639. The van der Waals surface area contributed by atoms with Gasteiger partial charge in [-0.2, -0.15) is 0 Å². The number of hydrogen-bond donors (Lipinski definition) is 3. The summed E-state index contributed by atoms with van der Waals surface area (Å²) in [7, 11) is 0. The second kappa shape index (κ2) is 9.15. The molecule has 0 amide bonds. The molecule has 1 atom stereocenters. The van der Waals surface area contributed by atoms with Crippen molar-refractivity contribution >= 4 is 0 Å². The summed E-state index contributed by atoms with van der Waals surface area (Å²) in [6.45, 7) is 4.01. The lowest BCUT2D eigenvalue weighted by molar-refractivity contribution is 0.0696. The third kappa shape index (κ3) is 5.27. The number of H-pyrrole nitrogens is 2. The summed E-state index contributed by atoms with van der Waals surface area (Å²) in [4.78, 5) is 29.1. The lowest BCUT2D eigenvalue weighted by Gasteiger charge is -2.21. The van der Waals surface area contributed by atoms with E-state index in [1.165, 1.54) is 0 Å². The third-order valence-corrected chi connectivity index (χ3v) is 3.84. The smallest absolute Gasteiger partial charge is 0.325 e. The first-order valence-corrected chi connectivity index (χ1v) is 8.30. The predicted molar refractivity (Wildman–Crippen MR) is 96.8 cm³/mol. The maximum absolute atomic E-state index is 12.3. The lowest BCUT2D eigenvalue weighted by atomic mass is 9.96. The van der Waals surface area contributed by atoms with Crippen LogP contribution in [0.15, 0.2) is 52.1 Å². The summed E-state index contributed by atoms with van der Waals surface area (Å²) in [6, 6.07) is 9.74. The van der Waals surface area contributed by atoms with Gasteiger partial charge in [0, 0.05) is 12.0 Å². The van der Waals surface area contributed by atoms with Crippen LogP contribution in [0, 0.1) is 0 Å². The van der Waals surface area contributed by atoms with Crippen LogP contribution in [0.1, 0.15) is 42.7 Å². The molecule has 25 heavy (non-hydrogen) atoms. The molecule has 134 valence electrons. The SMILES string of the molecule is CC(C)c1c(C(Cc2ccccc2)OCC=CCO)[nH]c(=O)[nH]c1=O. The van der Waals surface area contributed by atoms with Crippen LogP contribution in [0.3, 0.4) is 0 Å². The van der Waals surface area contributed by atoms with Crippen LogP contribution in [0.4, 0.5) is 0 Å². The van der Waals surface area contributed by atoms with Crippen molar-refractivity contribution in [1.29, 1.82) is 0 Å². The number of aliphatic hydroxyl groups excluding tert-OH is 1. The van der Waals surface area contributed by atoms with Crippen molar-refractivity contribution in [1.82, 2.24) is 9.97 Å². The number of aliphatic hydroxyl groups is 1. The van der Waals surface area contributed by atoms with Gasteiger partial charge in [-0.15, -0.1) is 0 Å². The summed E-state index contributed by atoms with van der Waals surface area (Å²) in [6.07, 6.45) is 3.34. The van der Waals surface area contributed by atoms with Gasteiger partial charge in [-0.05, 0) is 11.5 Å². The van der Waals surface area contributed by atoms with E-state index in [0.717, 1.165) is 5.56 Å². The van der Waals surface area contributed by atoms with Crippen LogP contribution in [0.2, 0.25) is 0 Å². The van der Waals surface area contributed by atoms with Crippen LogP contribution >= 0.6 is 0 Å². The van der Waals surface area contributed by atoms with Crippen LogP contribution in [-0.2, 0) is 11.2 Å². The first-order valence-electron chi connectivity index (χ1n) is 8.30. The molecule has 0 fully saturated rings. The highest BCUT2D eigenvalue weighted by atomic mass is 16.5. The molecule has 1 unspecified atom stereocenters. The highest BCUT2D eigenvalue weighted by Gasteiger charge is 2.22. The van der Waals surface area contributed by atoms with Gasteiger partial charge in [0.15, 0.2) is 0 Å². The molecule has 0 aliphatic heterocycles. The Hall–Kier alpha value is -2.44. The highest BCUT2D eigenvalue weighted by Crippen LogP contribution is 2.25. The topological polar surface area (TPSA) is 95.2 Å². The zero-order valence-corrected chi connectivity index (χ0v) is 14.5.